The molecule has 0 aliphatic carbocycles. The number of hydrogen-bond acceptors (Lipinski definition) is 5. The number of nitrogens with zero attached hydrogens (tertiary/aromatic N) is 4. The first kappa shape index (κ1) is 30.7. The molecule has 7 nitrogen and oxygen atoms in total. The van der Waals surface area contributed by atoms with Crippen LogP contribution in [0.1, 0.15) is 81.4 Å². The fourth-order valence-electron chi connectivity index (χ4n) is 8.07. The molecule has 3 aliphatic heterocycles. The predicted octanol–water partition coefficient (Wildman–Crippen LogP) is 7.28. The van der Waals surface area contributed by atoms with E-state index in [0.29, 0.717) is 32.0 Å². The first-order valence-corrected chi connectivity index (χ1v) is 17.2. The number of piperidine rings is 1. The molecule has 46 heavy (non-hydrogen) atoms. The molecule has 3 aliphatic rings. The highest BCUT2D eigenvalue weighted by Crippen LogP contribution is 2.41. The Morgan fingerprint density at radius 1 is 0.913 bits per heavy atom. The molecule has 0 radical (unpaired) electrons. The number of aromatic nitrogens is 2. The molecule has 0 saturated carbocycles. The molecule has 0 bridgehead atoms. The molecule has 3 fully saturated rings. The number of hydrogen-bond donors (Lipinski definition) is 2. The van der Waals surface area contributed by atoms with E-state index in [4.69, 9.17) is 4.98 Å². The summed E-state index contributed by atoms with van der Waals surface area (Å²) in [4.78, 5) is 28.8. The summed E-state index contributed by atoms with van der Waals surface area (Å²) in [5.74, 6) is 1.28. The molecule has 242 valence electrons. The zero-order valence-electron chi connectivity index (χ0n) is 27.4. The summed E-state index contributed by atoms with van der Waals surface area (Å²) in [6, 6.07) is 25.2. The summed E-state index contributed by atoms with van der Waals surface area (Å²) in [7, 11) is 1.87. The number of alkyl halides is 1. The third-order valence-electron chi connectivity index (χ3n) is 10.7. The van der Waals surface area contributed by atoms with Crippen LogP contribution in [0.4, 0.5) is 15.8 Å². The largest absolute Gasteiger partial charge is 0.371 e. The average molecular weight is 623 g/mol. The number of imidazole rings is 1. The predicted molar refractivity (Wildman–Crippen MR) is 184 cm³/mol. The molecule has 1 amide bonds. The number of likely N-dealkylation sites (N-methyl/N-ethyl adjacent to an activating group) is 1. The zero-order chi connectivity index (χ0) is 31.8. The Bertz CT molecular complexity index is 1640. The lowest BCUT2D eigenvalue weighted by Crippen LogP contribution is -2.47. The number of nitrogens with one attached hydrogen (secondary N) is 2. The lowest BCUT2D eigenvalue weighted by molar-refractivity contribution is -0.135. The van der Waals surface area contributed by atoms with Crippen molar-refractivity contribution < 1.29 is 9.18 Å². The number of likely N-dealkylation sites (tertiary alicyclic amines) is 1. The Morgan fingerprint density at radius 3 is 2.33 bits per heavy atom. The zero-order valence-corrected chi connectivity index (χ0v) is 27.4. The van der Waals surface area contributed by atoms with Gasteiger partial charge in [-0.2, -0.15) is 0 Å². The molecule has 3 aromatic carbocycles. The smallest absolute Gasteiger partial charge is 0.240 e. The van der Waals surface area contributed by atoms with Gasteiger partial charge in [0.15, 0.2) is 0 Å². The summed E-state index contributed by atoms with van der Waals surface area (Å²) in [6.45, 7) is 7.39. The van der Waals surface area contributed by atoms with Gasteiger partial charge in [-0.05, 0) is 86.2 Å². The summed E-state index contributed by atoms with van der Waals surface area (Å²) in [6.07, 6.45) is 5.18. The van der Waals surface area contributed by atoms with Gasteiger partial charge in [0.1, 0.15) is 11.5 Å². The molecule has 1 unspecified atom stereocenters. The van der Waals surface area contributed by atoms with Crippen molar-refractivity contribution in [3.63, 3.8) is 0 Å². The van der Waals surface area contributed by atoms with Gasteiger partial charge in [0, 0.05) is 50.4 Å². The molecule has 1 aromatic heterocycles. The van der Waals surface area contributed by atoms with Crippen molar-refractivity contribution in [2.75, 3.05) is 43.0 Å². The summed E-state index contributed by atoms with van der Waals surface area (Å²) >= 11 is 0. The standard InChI is InChI=1S/C38H47FN6O/c1-26(2)35(40-3)37(46)45-22-8-12-34(45)36-41-31-18-13-27(25-32(31)42-36)33-11-7-21-44(33)30-16-14-29(15-17-30)43-23-19-38(39,20-24-43)28-9-5-4-6-10-28/h4-6,9-10,13-18,25-26,33-35,40H,7-8,11-12,19-24H2,1-3H3,(H,41,42)/t33-,34+,35?/m1/s1. The first-order chi connectivity index (χ1) is 22.3. The van der Waals surface area contributed by atoms with Crippen LogP contribution in [0.3, 0.4) is 0 Å². The summed E-state index contributed by atoms with van der Waals surface area (Å²) in [5.41, 5.74) is 5.22. The van der Waals surface area contributed by atoms with Gasteiger partial charge in [0.25, 0.3) is 0 Å². The van der Waals surface area contributed by atoms with Crippen LogP contribution in [0, 0.1) is 5.92 Å². The number of rotatable bonds is 8. The number of carbonyl (C=O) groups is 1. The maximum absolute atomic E-state index is 15.7. The van der Waals surface area contributed by atoms with Crippen LogP contribution in [0.2, 0.25) is 0 Å². The number of aromatic amines is 1. The lowest BCUT2D eigenvalue weighted by atomic mass is 9.86. The van der Waals surface area contributed by atoms with Crippen molar-refractivity contribution in [3.8, 4) is 0 Å². The van der Waals surface area contributed by atoms with Crippen molar-refractivity contribution in [1.29, 1.82) is 0 Å². The summed E-state index contributed by atoms with van der Waals surface area (Å²) in [5, 5.41) is 3.22. The number of H-pyrrole nitrogens is 1. The maximum atomic E-state index is 15.7. The van der Waals surface area contributed by atoms with Gasteiger partial charge in [-0.15, -0.1) is 0 Å². The van der Waals surface area contributed by atoms with Gasteiger partial charge < -0.3 is 25.0 Å². The Kier molecular flexibility index (Phi) is 8.49. The fourth-order valence-corrected chi connectivity index (χ4v) is 8.07. The third-order valence-corrected chi connectivity index (χ3v) is 10.7. The Hall–Kier alpha value is -3.91. The van der Waals surface area contributed by atoms with Gasteiger partial charge >= 0.3 is 0 Å². The Morgan fingerprint density at radius 2 is 1.61 bits per heavy atom. The number of benzene rings is 3. The van der Waals surface area contributed by atoms with E-state index in [9.17, 15) is 4.79 Å². The monoisotopic (exact) mass is 622 g/mol. The van der Waals surface area contributed by atoms with Crippen LogP contribution in [0.5, 0.6) is 0 Å². The van der Waals surface area contributed by atoms with E-state index in [-0.39, 0.29) is 23.9 Å². The highest BCUT2D eigenvalue weighted by molar-refractivity contribution is 5.83. The molecule has 8 heteroatoms. The van der Waals surface area contributed by atoms with E-state index in [2.05, 4.69) is 76.4 Å². The molecule has 0 spiro atoms. The van der Waals surface area contributed by atoms with E-state index in [1.165, 1.54) is 11.3 Å². The molecule has 3 atom stereocenters. The topological polar surface area (TPSA) is 67.5 Å². The number of anilines is 2. The summed E-state index contributed by atoms with van der Waals surface area (Å²) < 4.78 is 15.7. The van der Waals surface area contributed by atoms with E-state index < -0.39 is 5.67 Å². The van der Waals surface area contributed by atoms with E-state index in [1.807, 2.05) is 42.3 Å². The molecular formula is C38H47FN6O. The Balaban J connectivity index is 1.04. The van der Waals surface area contributed by atoms with E-state index >= 15 is 4.39 Å². The highest BCUT2D eigenvalue weighted by atomic mass is 19.1. The number of halogens is 1. The maximum Gasteiger partial charge on any atom is 0.240 e. The Labute approximate surface area is 272 Å². The molecular weight excluding hydrogens is 575 g/mol. The van der Waals surface area contributed by atoms with Crippen LogP contribution in [0.25, 0.3) is 11.0 Å². The molecule has 2 N–H and O–H groups in total. The molecule has 4 heterocycles. The van der Waals surface area contributed by atoms with Crippen LogP contribution in [-0.2, 0) is 10.5 Å². The third kappa shape index (κ3) is 5.76. The highest BCUT2D eigenvalue weighted by Gasteiger charge is 2.37. The quantitative estimate of drug-likeness (QED) is 0.216. The van der Waals surface area contributed by atoms with Crippen LogP contribution in [-0.4, -0.2) is 60.0 Å². The van der Waals surface area contributed by atoms with Gasteiger partial charge in [-0.1, -0.05) is 50.2 Å². The second-order valence-corrected chi connectivity index (χ2v) is 13.8. The minimum Gasteiger partial charge on any atom is -0.371 e. The van der Waals surface area contributed by atoms with E-state index in [0.717, 1.165) is 66.9 Å². The van der Waals surface area contributed by atoms with Gasteiger partial charge in [-0.3, -0.25) is 4.79 Å². The van der Waals surface area contributed by atoms with Crippen LogP contribution < -0.4 is 15.1 Å². The van der Waals surface area contributed by atoms with Crippen molar-refractivity contribution in [1.82, 2.24) is 20.2 Å². The van der Waals surface area contributed by atoms with Gasteiger partial charge in [0.2, 0.25) is 5.91 Å². The minimum absolute atomic E-state index is 0.0148. The normalized spacial score (nSPS) is 22.2. The van der Waals surface area contributed by atoms with Crippen LogP contribution in [0.15, 0.2) is 72.8 Å². The second kappa shape index (κ2) is 12.7. The number of amides is 1. The van der Waals surface area contributed by atoms with Crippen molar-refractivity contribution in [3.05, 3.63) is 89.7 Å². The number of fused-ring (bicyclic) bond motifs is 1. The van der Waals surface area contributed by atoms with E-state index in [1.54, 1.807) is 0 Å². The van der Waals surface area contributed by atoms with Crippen molar-refractivity contribution >= 4 is 28.3 Å². The second-order valence-electron chi connectivity index (χ2n) is 13.8. The SMILES string of the molecule is CNC(C(=O)N1CCC[C@H]1c1nc2ccc([C@H]3CCCN3c3ccc(N4CCC(F)(c5ccccc5)CC4)cc3)cc2[nH]1)C(C)C. The fraction of sp³-hybridized carbons (Fsp3) is 0.474. The van der Waals surface area contributed by atoms with Crippen molar-refractivity contribution in [2.45, 2.75) is 76.2 Å². The first-order valence-electron chi connectivity index (χ1n) is 17.2. The molecule has 3 saturated heterocycles. The van der Waals surface area contributed by atoms with Gasteiger partial charge in [0.05, 0.1) is 29.2 Å². The molecule has 7 rings (SSSR count). The number of carbonyl (C=O) groups excluding carboxylic acids is 1. The average Bonchev–Trinajstić information content (AvgIpc) is 3.85. The lowest BCUT2D eigenvalue weighted by Gasteiger charge is -2.38. The van der Waals surface area contributed by atoms with Crippen LogP contribution >= 0.6 is 0 Å². The van der Waals surface area contributed by atoms with Gasteiger partial charge in [-0.25, -0.2) is 9.37 Å². The van der Waals surface area contributed by atoms with Crippen molar-refractivity contribution in [2.24, 2.45) is 5.92 Å². The molecule has 4 aromatic rings. The minimum atomic E-state index is -1.24.